The van der Waals surface area contributed by atoms with Crippen LogP contribution in [-0.4, -0.2) is 19.0 Å². The van der Waals surface area contributed by atoms with E-state index in [4.69, 9.17) is 4.42 Å². The van der Waals surface area contributed by atoms with Gasteiger partial charge in [-0.1, -0.05) is 0 Å². The van der Waals surface area contributed by atoms with E-state index in [0.29, 0.717) is 6.04 Å². The molecule has 0 aliphatic carbocycles. The summed E-state index contributed by atoms with van der Waals surface area (Å²) < 4.78 is 5.46. The summed E-state index contributed by atoms with van der Waals surface area (Å²) in [7, 11) is 1.77. The minimum Gasteiger partial charge on any atom is -0.466 e. The second-order valence-corrected chi connectivity index (χ2v) is 4.16. The van der Waals surface area contributed by atoms with Crippen LogP contribution < -0.4 is 10.6 Å². The van der Waals surface area contributed by atoms with Crippen molar-refractivity contribution in [3.8, 4) is 0 Å². The number of aryl methyl sites for hydroxylation is 2. The average Bonchev–Trinajstić information content (AvgIpc) is 2.51. The molecule has 0 atom stereocenters. The standard InChI is InChI=1S/C12H21N3O/c1-8(2)15-12(13-5)14-7-11-6-9(3)16-10(11)4/h6,8H,7H2,1-5H3,(H2,13,14,15). The van der Waals surface area contributed by atoms with Crippen molar-refractivity contribution in [2.45, 2.75) is 40.3 Å². The van der Waals surface area contributed by atoms with Gasteiger partial charge in [0.2, 0.25) is 0 Å². The van der Waals surface area contributed by atoms with Gasteiger partial charge in [-0.2, -0.15) is 0 Å². The molecule has 0 aliphatic rings. The van der Waals surface area contributed by atoms with E-state index in [0.717, 1.165) is 24.0 Å². The number of guanidine groups is 1. The summed E-state index contributed by atoms with van der Waals surface area (Å²) in [5.74, 6) is 2.72. The third-order valence-electron chi connectivity index (χ3n) is 2.24. The van der Waals surface area contributed by atoms with E-state index in [2.05, 4.69) is 29.5 Å². The van der Waals surface area contributed by atoms with Crippen molar-refractivity contribution in [2.24, 2.45) is 4.99 Å². The number of nitrogens with zero attached hydrogens (tertiary/aromatic N) is 1. The van der Waals surface area contributed by atoms with E-state index < -0.39 is 0 Å². The maximum atomic E-state index is 5.46. The van der Waals surface area contributed by atoms with Crippen LogP contribution in [0.5, 0.6) is 0 Å². The molecule has 0 unspecified atom stereocenters. The Morgan fingerprint density at radius 3 is 2.56 bits per heavy atom. The molecular formula is C12H21N3O. The molecule has 4 nitrogen and oxygen atoms in total. The van der Waals surface area contributed by atoms with Gasteiger partial charge < -0.3 is 15.1 Å². The predicted molar refractivity (Wildman–Crippen MR) is 66.7 cm³/mol. The lowest BCUT2D eigenvalue weighted by atomic mass is 10.2. The quantitative estimate of drug-likeness (QED) is 0.608. The lowest BCUT2D eigenvalue weighted by molar-refractivity contribution is 0.500. The smallest absolute Gasteiger partial charge is 0.191 e. The zero-order chi connectivity index (χ0) is 12.1. The van der Waals surface area contributed by atoms with Gasteiger partial charge in [0.05, 0.1) is 0 Å². The highest BCUT2D eigenvalue weighted by Gasteiger charge is 2.05. The first-order valence-corrected chi connectivity index (χ1v) is 5.56. The Labute approximate surface area is 97.1 Å². The first-order valence-electron chi connectivity index (χ1n) is 5.56. The van der Waals surface area contributed by atoms with Gasteiger partial charge in [-0.25, -0.2) is 0 Å². The van der Waals surface area contributed by atoms with E-state index in [1.807, 2.05) is 19.9 Å². The average molecular weight is 223 g/mol. The van der Waals surface area contributed by atoms with Crippen LogP contribution >= 0.6 is 0 Å². The maximum Gasteiger partial charge on any atom is 0.191 e. The van der Waals surface area contributed by atoms with Gasteiger partial charge in [0.15, 0.2) is 5.96 Å². The lowest BCUT2D eigenvalue weighted by Gasteiger charge is -2.13. The number of hydrogen-bond donors (Lipinski definition) is 2. The Morgan fingerprint density at radius 2 is 2.12 bits per heavy atom. The highest BCUT2D eigenvalue weighted by Crippen LogP contribution is 2.12. The fourth-order valence-electron chi connectivity index (χ4n) is 1.51. The van der Waals surface area contributed by atoms with Crippen molar-refractivity contribution in [2.75, 3.05) is 7.05 Å². The van der Waals surface area contributed by atoms with E-state index in [-0.39, 0.29) is 0 Å². The largest absolute Gasteiger partial charge is 0.466 e. The third-order valence-corrected chi connectivity index (χ3v) is 2.24. The second kappa shape index (κ2) is 5.58. The molecule has 1 heterocycles. The van der Waals surface area contributed by atoms with Crippen LogP contribution in [0, 0.1) is 13.8 Å². The van der Waals surface area contributed by atoms with Crippen molar-refractivity contribution in [1.29, 1.82) is 0 Å². The molecule has 0 spiro atoms. The minimum absolute atomic E-state index is 0.374. The van der Waals surface area contributed by atoms with Crippen LogP contribution in [0.15, 0.2) is 15.5 Å². The summed E-state index contributed by atoms with van der Waals surface area (Å²) in [6.07, 6.45) is 0. The van der Waals surface area contributed by atoms with E-state index >= 15 is 0 Å². The second-order valence-electron chi connectivity index (χ2n) is 4.16. The van der Waals surface area contributed by atoms with Gasteiger partial charge in [0, 0.05) is 25.2 Å². The fraction of sp³-hybridized carbons (Fsp3) is 0.583. The molecule has 0 amide bonds. The summed E-state index contributed by atoms with van der Waals surface area (Å²) in [4.78, 5) is 4.14. The van der Waals surface area contributed by atoms with Crippen molar-refractivity contribution in [3.05, 3.63) is 23.2 Å². The predicted octanol–water partition coefficient (Wildman–Crippen LogP) is 1.97. The van der Waals surface area contributed by atoms with Crippen LogP contribution in [0.25, 0.3) is 0 Å². The molecule has 16 heavy (non-hydrogen) atoms. The zero-order valence-corrected chi connectivity index (χ0v) is 10.7. The van der Waals surface area contributed by atoms with Gasteiger partial charge in [-0.3, -0.25) is 4.99 Å². The van der Waals surface area contributed by atoms with E-state index in [1.54, 1.807) is 7.05 Å². The molecule has 0 aromatic carbocycles. The topological polar surface area (TPSA) is 49.6 Å². The summed E-state index contributed by atoms with van der Waals surface area (Å²) in [6, 6.07) is 2.42. The highest BCUT2D eigenvalue weighted by atomic mass is 16.3. The summed E-state index contributed by atoms with van der Waals surface area (Å²) in [6.45, 7) is 8.83. The summed E-state index contributed by atoms with van der Waals surface area (Å²) in [5.41, 5.74) is 1.17. The zero-order valence-electron chi connectivity index (χ0n) is 10.7. The molecule has 0 radical (unpaired) electrons. The number of rotatable bonds is 3. The van der Waals surface area contributed by atoms with E-state index in [9.17, 15) is 0 Å². The molecule has 2 N–H and O–H groups in total. The monoisotopic (exact) mass is 223 g/mol. The highest BCUT2D eigenvalue weighted by molar-refractivity contribution is 5.79. The molecule has 0 aliphatic heterocycles. The Hall–Kier alpha value is -1.45. The van der Waals surface area contributed by atoms with Gasteiger partial charge >= 0.3 is 0 Å². The van der Waals surface area contributed by atoms with Crippen LogP contribution in [0.3, 0.4) is 0 Å². The molecule has 0 saturated carbocycles. The van der Waals surface area contributed by atoms with Gasteiger partial charge in [-0.05, 0) is 33.8 Å². The molecule has 0 bridgehead atoms. The number of nitrogens with one attached hydrogen (secondary N) is 2. The van der Waals surface area contributed by atoms with Crippen molar-refractivity contribution in [1.82, 2.24) is 10.6 Å². The van der Waals surface area contributed by atoms with Crippen molar-refractivity contribution < 1.29 is 4.42 Å². The van der Waals surface area contributed by atoms with Gasteiger partial charge in [-0.15, -0.1) is 0 Å². The number of furan rings is 1. The Balaban J connectivity index is 2.53. The first kappa shape index (κ1) is 12.6. The third kappa shape index (κ3) is 3.61. The molecule has 4 heteroatoms. The van der Waals surface area contributed by atoms with Crippen LogP contribution in [-0.2, 0) is 6.54 Å². The van der Waals surface area contributed by atoms with Crippen LogP contribution in [0.2, 0.25) is 0 Å². The molecule has 1 aromatic heterocycles. The normalized spacial score (nSPS) is 12.0. The number of hydrogen-bond acceptors (Lipinski definition) is 2. The molecular weight excluding hydrogens is 202 g/mol. The molecule has 1 aromatic rings. The Morgan fingerprint density at radius 1 is 1.44 bits per heavy atom. The number of aliphatic imine (C=N–C) groups is 1. The first-order chi connectivity index (χ1) is 7.52. The molecule has 0 saturated heterocycles. The lowest BCUT2D eigenvalue weighted by Crippen LogP contribution is -2.40. The molecule has 0 fully saturated rings. The maximum absolute atomic E-state index is 5.46. The van der Waals surface area contributed by atoms with Crippen LogP contribution in [0.4, 0.5) is 0 Å². The Kier molecular flexibility index (Phi) is 4.40. The van der Waals surface area contributed by atoms with Crippen LogP contribution in [0.1, 0.15) is 30.9 Å². The molecule has 90 valence electrons. The molecule has 1 rings (SSSR count). The van der Waals surface area contributed by atoms with Crippen molar-refractivity contribution in [3.63, 3.8) is 0 Å². The summed E-state index contributed by atoms with van der Waals surface area (Å²) >= 11 is 0. The minimum atomic E-state index is 0.374. The van der Waals surface area contributed by atoms with E-state index in [1.165, 1.54) is 5.56 Å². The van der Waals surface area contributed by atoms with Gasteiger partial charge in [0.25, 0.3) is 0 Å². The Bertz CT molecular complexity index is 366. The van der Waals surface area contributed by atoms with Gasteiger partial charge in [0.1, 0.15) is 11.5 Å². The van der Waals surface area contributed by atoms with Crippen molar-refractivity contribution >= 4 is 5.96 Å². The SMILES string of the molecule is CN=C(NCc1cc(C)oc1C)NC(C)C. The summed E-state index contributed by atoms with van der Waals surface area (Å²) in [5, 5.41) is 6.48. The fourth-order valence-corrected chi connectivity index (χ4v) is 1.51.